The molecule has 2 aliphatic heterocycles. The number of benzene rings is 3. The molecular formula is C28H27N3O3S. The van der Waals surface area contributed by atoms with Crippen LogP contribution >= 0.6 is 11.8 Å². The van der Waals surface area contributed by atoms with Crippen molar-refractivity contribution in [3.8, 4) is 5.75 Å². The van der Waals surface area contributed by atoms with Gasteiger partial charge >= 0.3 is 0 Å². The molecule has 35 heavy (non-hydrogen) atoms. The Morgan fingerprint density at radius 3 is 1.94 bits per heavy atom. The molecular weight excluding hydrogens is 458 g/mol. The van der Waals surface area contributed by atoms with Crippen molar-refractivity contribution in [1.82, 2.24) is 4.90 Å². The Balaban J connectivity index is 1.43. The minimum Gasteiger partial charge on any atom is -0.494 e. The van der Waals surface area contributed by atoms with Crippen molar-refractivity contribution < 1.29 is 14.3 Å². The number of rotatable bonds is 7. The summed E-state index contributed by atoms with van der Waals surface area (Å²) in [4.78, 5) is 34.4. The highest BCUT2D eigenvalue weighted by Crippen LogP contribution is 2.39. The van der Waals surface area contributed by atoms with Gasteiger partial charge in [-0.2, -0.15) is 0 Å². The van der Waals surface area contributed by atoms with Gasteiger partial charge in [0, 0.05) is 36.8 Å². The number of thioether (sulfide) groups is 1. The van der Waals surface area contributed by atoms with E-state index in [4.69, 9.17) is 4.74 Å². The highest BCUT2D eigenvalue weighted by atomic mass is 32.2. The van der Waals surface area contributed by atoms with E-state index in [1.54, 1.807) is 24.3 Å². The van der Waals surface area contributed by atoms with Crippen molar-refractivity contribution in [1.29, 1.82) is 0 Å². The zero-order valence-corrected chi connectivity index (χ0v) is 20.4. The lowest BCUT2D eigenvalue weighted by molar-refractivity contribution is -0.121. The lowest BCUT2D eigenvalue weighted by Crippen LogP contribution is -2.47. The third-order valence-corrected chi connectivity index (χ3v) is 7.18. The molecule has 178 valence electrons. The number of carbonyl (C=O) groups excluding carboxylic acids is 2. The van der Waals surface area contributed by atoms with Gasteiger partial charge < -0.3 is 14.5 Å². The minimum atomic E-state index is -0.284. The van der Waals surface area contributed by atoms with Crippen LogP contribution in [-0.2, 0) is 9.59 Å². The van der Waals surface area contributed by atoms with E-state index in [2.05, 4.69) is 21.9 Å². The molecule has 6 nitrogen and oxygen atoms in total. The molecule has 2 heterocycles. The topological polar surface area (TPSA) is 53.1 Å². The first-order valence-electron chi connectivity index (χ1n) is 11.8. The molecule has 0 spiro atoms. The van der Waals surface area contributed by atoms with Gasteiger partial charge in [0.15, 0.2) is 0 Å². The molecule has 0 aliphatic carbocycles. The van der Waals surface area contributed by atoms with E-state index in [1.807, 2.05) is 55.5 Å². The molecule has 2 aliphatic rings. The summed E-state index contributed by atoms with van der Waals surface area (Å²) >= 11 is 1.36. The molecule has 1 fully saturated rings. The van der Waals surface area contributed by atoms with E-state index in [0.717, 1.165) is 18.0 Å². The van der Waals surface area contributed by atoms with E-state index in [-0.39, 0.29) is 11.8 Å². The number of imide groups is 1. The zero-order chi connectivity index (χ0) is 24.2. The quantitative estimate of drug-likeness (QED) is 0.449. The molecule has 3 aromatic carbocycles. The van der Waals surface area contributed by atoms with Gasteiger partial charge in [-0.3, -0.25) is 9.59 Å². The fourth-order valence-corrected chi connectivity index (χ4v) is 5.42. The zero-order valence-electron chi connectivity index (χ0n) is 19.6. The van der Waals surface area contributed by atoms with Crippen LogP contribution in [0.3, 0.4) is 0 Å². The van der Waals surface area contributed by atoms with Crippen molar-refractivity contribution in [3.05, 3.63) is 95.5 Å². The van der Waals surface area contributed by atoms with Crippen molar-refractivity contribution in [3.63, 3.8) is 0 Å². The Hall–Kier alpha value is -3.71. The second-order valence-corrected chi connectivity index (χ2v) is 9.36. The Bertz CT molecular complexity index is 1220. The van der Waals surface area contributed by atoms with Crippen molar-refractivity contribution in [2.24, 2.45) is 0 Å². The average Bonchev–Trinajstić information content (AvgIpc) is 3.15. The highest BCUT2D eigenvalue weighted by molar-refractivity contribution is 8.04. The molecule has 0 bridgehead atoms. The molecule has 0 aromatic heterocycles. The summed E-state index contributed by atoms with van der Waals surface area (Å²) in [5.41, 5.74) is 2.21. The second kappa shape index (κ2) is 10.3. The fourth-order valence-electron chi connectivity index (χ4n) is 4.40. The monoisotopic (exact) mass is 485 g/mol. The van der Waals surface area contributed by atoms with E-state index in [1.165, 1.54) is 22.3 Å². The largest absolute Gasteiger partial charge is 0.494 e. The summed E-state index contributed by atoms with van der Waals surface area (Å²) in [6, 6.07) is 27.1. The Kier molecular flexibility index (Phi) is 6.77. The number of anilines is 2. The standard InChI is InChI=1S/C28H27N3O3S/c1-2-34-23-15-13-22(14-16-23)31-27(32)25(26(28(31)33)35-24-11-7-4-8-12-24)30-19-17-29(18-20-30)21-9-5-3-6-10-21/h3-16H,2,17-20H2,1H3. The summed E-state index contributed by atoms with van der Waals surface area (Å²) < 4.78 is 5.52. The van der Waals surface area contributed by atoms with Crippen LogP contribution in [0.15, 0.2) is 100 Å². The highest BCUT2D eigenvalue weighted by Gasteiger charge is 2.43. The summed E-state index contributed by atoms with van der Waals surface area (Å²) in [6.45, 7) is 5.36. The summed E-state index contributed by atoms with van der Waals surface area (Å²) in [6.07, 6.45) is 0. The minimum absolute atomic E-state index is 0.272. The predicted octanol–water partition coefficient (Wildman–Crippen LogP) is 4.78. The maximum absolute atomic E-state index is 13.7. The van der Waals surface area contributed by atoms with Crippen LogP contribution < -0.4 is 14.5 Å². The molecule has 0 N–H and O–H groups in total. The van der Waals surface area contributed by atoms with Gasteiger partial charge in [-0.15, -0.1) is 0 Å². The van der Waals surface area contributed by atoms with E-state index in [0.29, 0.717) is 41.7 Å². The summed E-state index contributed by atoms with van der Waals surface area (Å²) in [5.74, 6) is 0.152. The van der Waals surface area contributed by atoms with E-state index >= 15 is 0 Å². The van der Waals surface area contributed by atoms with Gasteiger partial charge in [-0.1, -0.05) is 48.2 Å². The molecule has 5 rings (SSSR count). The molecule has 7 heteroatoms. The van der Waals surface area contributed by atoms with Gasteiger partial charge in [-0.05, 0) is 55.5 Å². The first-order valence-corrected chi connectivity index (χ1v) is 12.6. The first-order chi connectivity index (χ1) is 17.2. The average molecular weight is 486 g/mol. The molecule has 0 radical (unpaired) electrons. The maximum atomic E-state index is 13.7. The number of hydrogen-bond acceptors (Lipinski definition) is 6. The van der Waals surface area contributed by atoms with Gasteiger partial charge in [0.05, 0.1) is 12.3 Å². The van der Waals surface area contributed by atoms with Crippen molar-refractivity contribution in [2.75, 3.05) is 42.6 Å². The number of hydrogen-bond donors (Lipinski definition) is 0. The fraction of sp³-hybridized carbons (Fsp3) is 0.214. The summed E-state index contributed by atoms with van der Waals surface area (Å²) in [7, 11) is 0. The van der Waals surface area contributed by atoms with Gasteiger partial charge in [0.2, 0.25) is 0 Å². The summed E-state index contributed by atoms with van der Waals surface area (Å²) in [5, 5.41) is 0. The van der Waals surface area contributed by atoms with Crippen LogP contribution in [0.2, 0.25) is 0 Å². The molecule has 0 saturated carbocycles. The number of amides is 2. The van der Waals surface area contributed by atoms with Crippen molar-refractivity contribution in [2.45, 2.75) is 11.8 Å². The number of nitrogens with zero attached hydrogens (tertiary/aromatic N) is 3. The number of piperazine rings is 1. The third-order valence-electron chi connectivity index (χ3n) is 6.10. The lowest BCUT2D eigenvalue weighted by atomic mass is 10.2. The van der Waals surface area contributed by atoms with Crippen LogP contribution in [0.5, 0.6) is 5.75 Å². The molecule has 1 saturated heterocycles. The normalized spacial score (nSPS) is 16.3. The van der Waals surface area contributed by atoms with Crippen molar-refractivity contribution >= 4 is 35.0 Å². The molecule has 0 atom stereocenters. The second-order valence-electron chi connectivity index (χ2n) is 8.28. The smallest absolute Gasteiger partial charge is 0.283 e. The van der Waals surface area contributed by atoms with E-state index in [9.17, 15) is 9.59 Å². The maximum Gasteiger partial charge on any atom is 0.283 e. The first kappa shape index (κ1) is 23.1. The van der Waals surface area contributed by atoms with Crippen LogP contribution in [0.4, 0.5) is 11.4 Å². The SMILES string of the molecule is CCOc1ccc(N2C(=O)C(Sc3ccccc3)=C(N3CCN(c4ccccc4)CC3)C2=O)cc1. The molecule has 2 amide bonds. The van der Waals surface area contributed by atoms with Crippen LogP contribution in [0, 0.1) is 0 Å². The molecule has 0 unspecified atom stereocenters. The van der Waals surface area contributed by atoms with Crippen LogP contribution in [0.25, 0.3) is 0 Å². The van der Waals surface area contributed by atoms with Crippen LogP contribution in [0.1, 0.15) is 6.92 Å². The van der Waals surface area contributed by atoms with E-state index < -0.39 is 0 Å². The Labute approximate surface area is 209 Å². The van der Waals surface area contributed by atoms with Gasteiger partial charge in [0.25, 0.3) is 11.8 Å². The van der Waals surface area contributed by atoms with Crippen LogP contribution in [-0.4, -0.2) is 49.5 Å². The third kappa shape index (κ3) is 4.77. The van der Waals surface area contributed by atoms with Gasteiger partial charge in [-0.25, -0.2) is 4.90 Å². The number of carbonyl (C=O) groups is 2. The number of para-hydroxylation sites is 1. The number of ether oxygens (including phenoxy) is 1. The Morgan fingerprint density at radius 1 is 0.714 bits per heavy atom. The molecule has 3 aromatic rings. The van der Waals surface area contributed by atoms with Gasteiger partial charge in [0.1, 0.15) is 16.4 Å². The lowest BCUT2D eigenvalue weighted by Gasteiger charge is -2.37. The predicted molar refractivity (Wildman–Crippen MR) is 140 cm³/mol. The Morgan fingerprint density at radius 2 is 1.31 bits per heavy atom.